The van der Waals surface area contributed by atoms with Crippen LogP contribution in [-0.4, -0.2) is 5.87 Å². The number of hydrogen-bond acceptors (Lipinski definition) is 1. The van der Waals surface area contributed by atoms with Gasteiger partial charge in [0.05, 0.1) is 0 Å². The molecule has 0 aromatic heterocycles. The second-order valence-corrected chi connectivity index (χ2v) is 3.01. The van der Waals surface area contributed by atoms with Crippen LogP contribution >= 0.6 is 0 Å². The molecule has 0 aromatic carbocycles. The molecule has 0 aromatic rings. The number of nitrogens with zero attached hydrogens (tertiary/aromatic N) is 1. The maximum Gasteiger partial charge on any atom is 0.0405 e. The van der Waals surface area contributed by atoms with E-state index in [9.17, 15) is 0 Å². The Morgan fingerprint density at radius 2 is 2.18 bits per heavy atom. The lowest BCUT2D eigenvalue weighted by Crippen LogP contribution is -1.94. The standard InChI is InChI=1S/C10H13N/c1-8(2)10-7-11-6-4-5-9(10)3/h4-5,7-8H,1-3H3. The van der Waals surface area contributed by atoms with E-state index >= 15 is 0 Å². The molecule has 0 aliphatic carbocycles. The molecule has 1 aliphatic rings. The van der Waals surface area contributed by atoms with Gasteiger partial charge in [-0.1, -0.05) is 13.8 Å². The van der Waals surface area contributed by atoms with E-state index < -0.39 is 0 Å². The summed E-state index contributed by atoms with van der Waals surface area (Å²) in [4.78, 5) is 4.00. The number of hydrogen-bond donors (Lipinski definition) is 0. The summed E-state index contributed by atoms with van der Waals surface area (Å²) in [6, 6.07) is 0. The molecule has 0 radical (unpaired) electrons. The zero-order valence-electron chi connectivity index (χ0n) is 7.26. The largest absolute Gasteiger partial charge is 0.214 e. The first-order valence-corrected chi connectivity index (χ1v) is 3.87. The topological polar surface area (TPSA) is 12.4 Å². The summed E-state index contributed by atoms with van der Waals surface area (Å²) >= 11 is 0. The van der Waals surface area contributed by atoms with Crippen molar-refractivity contribution in [1.82, 2.24) is 0 Å². The Morgan fingerprint density at radius 3 is 2.82 bits per heavy atom. The van der Waals surface area contributed by atoms with Gasteiger partial charge in [0.25, 0.3) is 0 Å². The third-order valence-corrected chi connectivity index (χ3v) is 1.76. The van der Waals surface area contributed by atoms with Crippen LogP contribution in [0.1, 0.15) is 20.8 Å². The van der Waals surface area contributed by atoms with Crippen molar-refractivity contribution in [2.24, 2.45) is 10.9 Å². The van der Waals surface area contributed by atoms with Crippen LogP contribution in [0.15, 0.2) is 34.5 Å². The van der Waals surface area contributed by atoms with Crippen LogP contribution in [0.3, 0.4) is 0 Å². The summed E-state index contributed by atoms with van der Waals surface area (Å²) in [6.07, 6.45) is 5.78. The maximum absolute atomic E-state index is 4.00. The monoisotopic (exact) mass is 147 g/mol. The molecule has 0 saturated carbocycles. The minimum atomic E-state index is 0.545. The second-order valence-electron chi connectivity index (χ2n) is 3.01. The van der Waals surface area contributed by atoms with Crippen molar-refractivity contribution in [1.29, 1.82) is 0 Å². The molecule has 1 rings (SSSR count). The van der Waals surface area contributed by atoms with Gasteiger partial charge < -0.3 is 0 Å². The van der Waals surface area contributed by atoms with Crippen LogP contribution in [0.5, 0.6) is 0 Å². The van der Waals surface area contributed by atoms with Crippen LogP contribution < -0.4 is 0 Å². The average molecular weight is 147 g/mol. The van der Waals surface area contributed by atoms with E-state index in [4.69, 9.17) is 0 Å². The van der Waals surface area contributed by atoms with Crippen LogP contribution in [-0.2, 0) is 0 Å². The Morgan fingerprint density at radius 1 is 1.45 bits per heavy atom. The van der Waals surface area contributed by atoms with Gasteiger partial charge in [-0.05, 0) is 42.0 Å². The lowest BCUT2D eigenvalue weighted by atomic mass is 9.97. The minimum absolute atomic E-state index is 0.545. The van der Waals surface area contributed by atoms with Gasteiger partial charge in [0.15, 0.2) is 0 Å². The zero-order chi connectivity index (χ0) is 8.27. The lowest BCUT2D eigenvalue weighted by molar-refractivity contribution is 0.775. The fraction of sp³-hybridized carbons (Fsp3) is 0.400. The fourth-order valence-corrected chi connectivity index (χ4v) is 1.11. The maximum atomic E-state index is 4.00. The molecular formula is C10H13N. The third-order valence-electron chi connectivity index (χ3n) is 1.76. The van der Waals surface area contributed by atoms with Gasteiger partial charge in [-0.3, -0.25) is 0 Å². The zero-order valence-corrected chi connectivity index (χ0v) is 7.26. The fourth-order valence-electron chi connectivity index (χ4n) is 1.11. The second kappa shape index (κ2) is 3.36. The van der Waals surface area contributed by atoms with Gasteiger partial charge in [-0.15, -0.1) is 0 Å². The summed E-state index contributed by atoms with van der Waals surface area (Å²) < 4.78 is 0. The van der Waals surface area contributed by atoms with Gasteiger partial charge in [0.1, 0.15) is 0 Å². The van der Waals surface area contributed by atoms with Crippen LogP contribution in [0.2, 0.25) is 0 Å². The van der Waals surface area contributed by atoms with Crippen molar-refractivity contribution < 1.29 is 0 Å². The average Bonchev–Trinajstić information content (AvgIpc) is 2.13. The quantitative estimate of drug-likeness (QED) is 0.540. The Balaban J connectivity index is 2.97. The molecule has 0 fully saturated rings. The Labute approximate surface area is 67.8 Å². The van der Waals surface area contributed by atoms with Gasteiger partial charge in [0, 0.05) is 6.20 Å². The third kappa shape index (κ3) is 1.92. The summed E-state index contributed by atoms with van der Waals surface area (Å²) in [7, 11) is 0. The van der Waals surface area contributed by atoms with Crippen molar-refractivity contribution in [2.45, 2.75) is 20.8 Å². The van der Waals surface area contributed by atoms with E-state index in [-0.39, 0.29) is 0 Å². The normalized spacial score (nSPS) is 16.4. The SMILES string of the molecule is CC1=CC=C=NC=C1C(C)C. The van der Waals surface area contributed by atoms with Crippen LogP contribution in [0.4, 0.5) is 0 Å². The van der Waals surface area contributed by atoms with Crippen molar-refractivity contribution in [3.05, 3.63) is 29.5 Å². The Bertz CT molecular complexity index is 261. The van der Waals surface area contributed by atoms with Gasteiger partial charge in [0.2, 0.25) is 0 Å². The predicted octanol–water partition coefficient (Wildman–Crippen LogP) is 2.71. The number of aliphatic imine (C=N–C) groups is 1. The number of rotatable bonds is 1. The number of allylic oxidation sites excluding steroid dienone is 4. The van der Waals surface area contributed by atoms with Crippen molar-refractivity contribution in [3.63, 3.8) is 0 Å². The molecular weight excluding hydrogens is 134 g/mol. The lowest BCUT2D eigenvalue weighted by Gasteiger charge is -2.08. The Hall–Kier alpha value is -1.07. The van der Waals surface area contributed by atoms with E-state index in [1.807, 2.05) is 18.4 Å². The van der Waals surface area contributed by atoms with Crippen molar-refractivity contribution in [3.8, 4) is 0 Å². The first-order valence-electron chi connectivity index (χ1n) is 3.87. The van der Waals surface area contributed by atoms with Gasteiger partial charge >= 0.3 is 0 Å². The molecule has 11 heavy (non-hydrogen) atoms. The molecule has 1 aliphatic heterocycles. The highest BCUT2D eigenvalue weighted by Gasteiger charge is 2.04. The molecule has 0 N–H and O–H groups in total. The highest BCUT2D eigenvalue weighted by Crippen LogP contribution is 2.19. The molecule has 1 nitrogen and oxygen atoms in total. The molecule has 0 amide bonds. The van der Waals surface area contributed by atoms with E-state index in [0.29, 0.717) is 5.92 Å². The Kier molecular flexibility index (Phi) is 2.45. The van der Waals surface area contributed by atoms with Gasteiger partial charge in [-0.2, -0.15) is 0 Å². The smallest absolute Gasteiger partial charge is 0.0405 e. The highest BCUT2D eigenvalue weighted by atomic mass is 14.7. The molecule has 0 bridgehead atoms. The van der Waals surface area contributed by atoms with E-state index in [0.717, 1.165) is 0 Å². The summed E-state index contributed by atoms with van der Waals surface area (Å²) in [6.45, 7) is 6.44. The minimum Gasteiger partial charge on any atom is -0.214 e. The first-order chi connectivity index (χ1) is 5.22. The van der Waals surface area contributed by atoms with Crippen LogP contribution in [0, 0.1) is 5.92 Å². The summed E-state index contributed by atoms with van der Waals surface area (Å²) in [5.74, 6) is 3.35. The highest BCUT2D eigenvalue weighted by molar-refractivity contribution is 5.59. The van der Waals surface area contributed by atoms with E-state index in [2.05, 4.69) is 31.6 Å². The van der Waals surface area contributed by atoms with E-state index in [1.165, 1.54) is 11.1 Å². The summed E-state index contributed by atoms with van der Waals surface area (Å²) in [5, 5.41) is 0. The molecule has 0 atom stereocenters. The molecule has 0 spiro atoms. The van der Waals surface area contributed by atoms with E-state index in [1.54, 1.807) is 0 Å². The molecule has 0 saturated heterocycles. The van der Waals surface area contributed by atoms with Crippen molar-refractivity contribution in [2.75, 3.05) is 0 Å². The molecule has 0 unspecified atom stereocenters. The summed E-state index contributed by atoms with van der Waals surface area (Å²) in [5.41, 5.74) is 2.58. The molecule has 1 heterocycles. The predicted molar refractivity (Wildman–Crippen MR) is 48.7 cm³/mol. The van der Waals surface area contributed by atoms with Gasteiger partial charge in [-0.25, -0.2) is 4.99 Å². The van der Waals surface area contributed by atoms with Crippen LogP contribution in [0.25, 0.3) is 0 Å². The molecule has 1 heteroatoms. The first kappa shape index (κ1) is 8.03. The molecule has 58 valence electrons. The van der Waals surface area contributed by atoms with Crippen molar-refractivity contribution >= 4 is 5.87 Å².